The van der Waals surface area contributed by atoms with E-state index in [9.17, 15) is 0 Å². The standard InChI is InChI=1S/C8H14.CO2/c1-3-8-6-4-5-7(8)2;2-1-3/h3-6H2,1-2H3;. The van der Waals surface area contributed by atoms with Crippen LogP contribution in [0.3, 0.4) is 0 Å². The van der Waals surface area contributed by atoms with Gasteiger partial charge in [0.15, 0.2) is 0 Å². The Morgan fingerprint density at radius 2 is 1.91 bits per heavy atom. The molecule has 1 rings (SSSR count). The third-order valence-electron chi connectivity index (χ3n) is 2.06. The predicted molar refractivity (Wildman–Crippen MR) is 41.8 cm³/mol. The van der Waals surface area contributed by atoms with E-state index in [4.69, 9.17) is 9.59 Å². The summed E-state index contributed by atoms with van der Waals surface area (Å²) in [6.07, 6.45) is 5.69. The smallest absolute Gasteiger partial charge is 0.186 e. The van der Waals surface area contributed by atoms with Crippen molar-refractivity contribution in [3.63, 3.8) is 0 Å². The van der Waals surface area contributed by atoms with E-state index in [0.717, 1.165) is 0 Å². The van der Waals surface area contributed by atoms with Crippen molar-refractivity contribution in [3.8, 4) is 0 Å². The van der Waals surface area contributed by atoms with Gasteiger partial charge in [-0.05, 0) is 32.6 Å². The second-order valence-electron chi connectivity index (χ2n) is 2.67. The van der Waals surface area contributed by atoms with Gasteiger partial charge in [-0.2, -0.15) is 9.59 Å². The molecule has 0 heterocycles. The Balaban J connectivity index is 0.000000292. The second-order valence-corrected chi connectivity index (χ2v) is 2.67. The second kappa shape index (κ2) is 5.87. The summed E-state index contributed by atoms with van der Waals surface area (Å²) in [5.74, 6) is 0. The topological polar surface area (TPSA) is 34.1 Å². The minimum Gasteiger partial charge on any atom is -0.186 e. The number of rotatable bonds is 1. The molecule has 0 atom stereocenters. The fourth-order valence-electron chi connectivity index (χ4n) is 1.44. The van der Waals surface area contributed by atoms with Crippen LogP contribution in [0, 0.1) is 0 Å². The van der Waals surface area contributed by atoms with Crippen LogP contribution in [0.5, 0.6) is 0 Å². The molecule has 0 unspecified atom stereocenters. The Kier molecular flexibility index (Phi) is 5.40. The van der Waals surface area contributed by atoms with Gasteiger partial charge in [0.1, 0.15) is 0 Å². The van der Waals surface area contributed by atoms with Crippen LogP contribution < -0.4 is 0 Å². The molecule has 0 aromatic carbocycles. The highest BCUT2D eigenvalue weighted by Gasteiger charge is 2.06. The lowest BCUT2D eigenvalue weighted by molar-refractivity contribution is -0.191. The maximum atomic E-state index is 8.12. The lowest BCUT2D eigenvalue weighted by Gasteiger charge is -1.94. The lowest BCUT2D eigenvalue weighted by Crippen LogP contribution is -1.73. The first-order valence-corrected chi connectivity index (χ1v) is 3.93. The monoisotopic (exact) mass is 154 g/mol. The lowest BCUT2D eigenvalue weighted by atomic mass is 10.1. The van der Waals surface area contributed by atoms with Gasteiger partial charge < -0.3 is 0 Å². The minimum absolute atomic E-state index is 0.250. The van der Waals surface area contributed by atoms with E-state index in [0.29, 0.717) is 0 Å². The maximum absolute atomic E-state index is 8.12. The molecule has 0 N–H and O–H groups in total. The quantitative estimate of drug-likeness (QED) is 0.543. The SMILES string of the molecule is CCC1=C(C)CCC1.O=C=O. The van der Waals surface area contributed by atoms with E-state index in [-0.39, 0.29) is 6.15 Å². The van der Waals surface area contributed by atoms with E-state index in [1.165, 1.54) is 25.7 Å². The van der Waals surface area contributed by atoms with Gasteiger partial charge in [0.2, 0.25) is 0 Å². The molecule has 11 heavy (non-hydrogen) atoms. The molecule has 0 spiro atoms. The van der Waals surface area contributed by atoms with Crippen molar-refractivity contribution in [2.75, 3.05) is 0 Å². The summed E-state index contributed by atoms with van der Waals surface area (Å²) in [6.45, 7) is 4.52. The van der Waals surface area contributed by atoms with Gasteiger partial charge in [-0.3, -0.25) is 0 Å². The van der Waals surface area contributed by atoms with E-state index in [1.807, 2.05) is 0 Å². The largest absolute Gasteiger partial charge is 0.373 e. The molecule has 1 aliphatic carbocycles. The molecule has 0 amide bonds. The zero-order valence-electron chi connectivity index (χ0n) is 7.14. The fraction of sp³-hybridized carbons (Fsp3) is 0.667. The summed E-state index contributed by atoms with van der Waals surface area (Å²) in [4.78, 5) is 16.2. The molecule has 62 valence electrons. The molecule has 0 radical (unpaired) electrons. The van der Waals surface area contributed by atoms with Crippen LogP contribution in [-0.4, -0.2) is 6.15 Å². The average Bonchev–Trinajstić information content (AvgIpc) is 2.36. The summed E-state index contributed by atoms with van der Waals surface area (Å²) in [7, 11) is 0. The van der Waals surface area contributed by atoms with E-state index in [1.54, 1.807) is 11.1 Å². The van der Waals surface area contributed by atoms with E-state index >= 15 is 0 Å². The third-order valence-corrected chi connectivity index (χ3v) is 2.06. The highest BCUT2D eigenvalue weighted by Crippen LogP contribution is 2.26. The van der Waals surface area contributed by atoms with Crippen LogP contribution in [0.2, 0.25) is 0 Å². The first-order chi connectivity index (χ1) is 5.26. The molecule has 0 aromatic heterocycles. The summed E-state index contributed by atoms with van der Waals surface area (Å²) in [6, 6.07) is 0. The third kappa shape index (κ3) is 3.74. The zero-order valence-corrected chi connectivity index (χ0v) is 7.14. The van der Waals surface area contributed by atoms with Crippen molar-refractivity contribution in [2.24, 2.45) is 0 Å². The Bertz CT molecular complexity index is 174. The number of hydrogen-bond acceptors (Lipinski definition) is 2. The van der Waals surface area contributed by atoms with Crippen LogP contribution in [0.1, 0.15) is 39.5 Å². The Hall–Kier alpha value is -0.880. The van der Waals surface area contributed by atoms with Crippen molar-refractivity contribution in [1.82, 2.24) is 0 Å². The molecule has 2 nitrogen and oxygen atoms in total. The van der Waals surface area contributed by atoms with Gasteiger partial charge in [0.05, 0.1) is 0 Å². The summed E-state index contributed by atoms with van der Waals surface area (Å²) >= 11 is 0. The molecule has 0 bridgehead atoms. The fourth-order valence-corrected chi connectivity index (χ4v) is 1.44. The molecular weight excluding hydrogens is 140 g/mol. The maximum Gasteiger partial charge on any atom is 0.373 e. The van der Waals surface area contributed by atoms with Crippen LogP contribution in [0.15, 0.2) is 11.1 Å². The predicted octanol–water partition coefficient (Wildman–Crippen LogP) is 2.31. The van der Waals surface area contributed by atoms with Crippen molar-refractivity contribution in [3.05, 3.63) is 11.1 Å². The van der Waals surface area contributed by atoms with Gasteiger partial charge in [0.25, 0.3) is 0 Å². The van der Waals surface area contributed by atoms with Crippen molar-refractivity contribution < 1.29 is 9.59 Å². The first kappa shape index (κ1) is 10.1. The van der Waals surface area contributed by atoms with Crippen molar-refractivity contribution in [2.45, 2.75) is 39.5 Å². The zero-order chi connectivity index (χ0) is 8.69. The molecule has 0 saturated heterocycles. The van der Waals surface area contributed by atoms with Crippen molar-refractivity contribution >= 4 is 6.15 Å². The Morgan fingerprint density at radius 3 is 2.09 bits per heavy atom. The Morgan fingerprint density at radius 1 is 1.36 bits per heavy atom. The van der Waals surface area contributed by atoms with Gasteiger partial charge in [-0.15, -0.1) is 0 Å². The number of allylic oxidation sites excluding steroid dienone is 2. The summed E-state index contributed by atoms with van der Waals surface area (Å²) in [5, 5.41) is 0. The molecule has 0 aromatic rings. The van der Waals surface area contributed by atoms with E-state index < -0.39 is 0 Å². The van der Waals surface area contributed by atoms with Gasteiger partial charge in [0, 0.05) is 0 Å². The molecular formula is C9H14O2. The first-order valence-electron chi connectivity index (χ1n) is 3.93. The van der Waals surface area contributed by atoms with Crippen LogP contribution in [0.25, 0.3) is 0 Å². The number of hydrogen-bond donors (Lipinski definition) is 0. The van der Waals surface area contributed by atoms with Crippen molar-refractivity contribution in [1.29, 1.82) is 0 Å². The normalized spacial score (nSPS) is 15.5. The molecule has 0 aliphatic heterocycles. The molecule has 0 fully saturated rings. The van der Waals surface area contributed by atoms with Crippen LogP contribution >= 0.6 is 0 Å². The highest BCUT2D eigenvalue weighted by molar-refractivity contribution is 5.20. The van der Waals surface area contributed by atoms with Gasteiger partial charge in [-0.1, -0.05) is 18.1 Å². The summed E-state index contributed by atoms with van der Waals surface area (Å²) in [5.41, 5.74) is 3.37. The molecule has 0 saturated carbocycles. The van der Waals surface area contributed by atoms with Gasteiger partial charge in [-0.25, -0.2) is 0 Å². The minimum atomic E-state index is 0.250. The molecule has 1 aliphatic rings. The van der Waals surface area contributed by atoms with Gasteiger partial charge >= 0.3 is 6.15 Å². The van der Waals surface area contributed by atoms with Crippen LogP contribution in [0.4, 0.5) is 0 Å². The number of carbonyl (C=O) groups excluding carboxylic acids is 2. The average molecular weight is 154 g/mol. The van der Waals surface area contributed by atoms with E-state index in [2.05, 4.69) is 13.8 Å². The summed E-state index contributed by atoms with van der Waals surface area (Å²) < 4.78 is 0. The molecule has 2 heteroatoms. The Labute approximate surface area is 67.3 Å². The highest BCUT2D eigenvalue weighted by atomic mass is 16.2. The van der Waals surface area contributed by atoms with Crippen LogP contribution in [-0.2, 0) is 9.59 Å².